The standard InChI is InChI=1S/C17H19FN4O2S/c1-23-11-2-3-13-14(6-11)21-16(20-13)10-24-15-8-22(7-12(15)18)9-17-19-4-5-25-17/h2-6,12,15H,7-10H2,1H3,(H,20,21)/t12-,15+/m1/s1. The Morgan fingerprint density at radius 1 is 1.40 bits per heavy atom. The van der Waals surface area contributed by atoms with Crippen molar-refractivity contribution in [3.05, 3.63) is 40.6 Å². The van der Waals surface area contributed by atoms with Gasteiger partial charge >= 0.3 is 0 Å². The summed E-state index contributed by atoms with van der Waals surface area (Å²) in [6.07, 6.45) is 0.334. The zero-order valence-electron chi connectivity index (χ0n) is 13.8. The molecular formula is C17H19FN4O2S. The van der Waals surface area contributed by atoms with Crippen LogP contribution in [0.3, 0.4) is 0 Å². The van der Waals surface area contributed by atoms with Crippen LogP contribution >= 0.6 is 11.3 Å². The fourth-order valence-electron chi connectivity index (χ4n) is 3.04. The molecule has 1 aliphatic rings. The number of thiazole rings is 1. The number of aromatic nitrogens is 3. The zero-order valence-corrected chi connectivity index (χ0v) is 14.6. The topological polar surface area (TPSA) is 63.3 Å². The average molecular weight is 362 g/mol. The number of likely N-dealkylation sites (tertiary alicyclic amines) is 1. The van der Waals surface area contributed by atoms with Crippen molar-refractivity contribution in [1.29, 1.82) is 0 Å². The van der Waals surface area contributed by atoms with Gasteiger partial charge in [-0.3, -0.25) is 4.90 Å². The van der Waals surface area contributed by atoms with E-state index in [4.69, 9.17) is 9.47 Å². The summed E-state index contributed by atoms with van der Waals surface area (Å²) in [6.45, 7) is 1.87. The molecule has 132 valence electrons. The number of nitrogens with one attached hydrogen (secondary N) is 1. The van der Waals surface area contributed by atoms with Gasteiger partial charge in [0.05, 0.1) is 24.7 Å². The van der Waals surface area contributed by atoms with Gasteiger partial charge in [-0.2, -0.15) is 0 Å². The molecule has 1 saturated heterocycles. The number of ether oxygens (including phenoxy) is 2. The number of methoxy groups -OCH3 is 1. The first-order valence-electron chi connectivity index (χ1n) is 8.10. The normalized spacial score (nSPS) is 21.2. The molecule has 0 unspecified atom stereocenters. The molecule has 4 rings (SSSR count). The number of fused-ring (bicyclic) bond motifs is 1. The number of hydrogen-bond acceptors (Lipinski definition) is 6. The highest BCUT2D eigenvalue weighted by Crippen LogP contribution is 2.22. The van der Waals surface area contributed by atoms with Crippen LogP contribution in [0.1, 0.15) is 10.8 Å². The monoisotopic (exact) mass is 362 g/mol. The minimum atomic E-state index is -0.996. The molecule has 6 nitrogen and oxygen atoms in total. The predicted molar refractivity (Wildman–Crippen MR) is 93.5 cm³/mol. The lowest BCUT2D eigenvalue weighted by molar-refractivity contribution is 0.00863. The molecule has 1 N–H and O–H groups in total. The van der Waals surface area contributed by atoms with Gasteiger partial charge in [0.25, 0.3) is 0 Å². The van der Waals surface area contributed by atoms with Crippen molar-refractivity contribution < 1.29 is 13.9 Å². The number of benzene rings is 1. The summed E-state index contributed by atoms with van der Waals surface area (Å²) in [4.78, 5) is 14.0. The van der Waals surface area contributed by atoms with Gasteiger partial charge in [0.15, 0.2) is 0 Å². The molecule has 8 heteroatoms. The Kier molecular flexibility index (Phi) is 4.65. The highest BCUT2D eigenvalue weighted by molar-refractivity contribution is 7.09. The lowest BCUT2D eigenvalue weighted by atomic mass is 10.3. The van der Waals surface area contributed by atoms with Crippen LogP contribution in [0.4, 0.5) is 4.39 Å². The highest BCUT2D eigenvalue weighted by Gasteiger charge is 2.34. The molecule has 1 fully saturated rings. The predicted octanol–water partition coefficient (Wildman–Crippen LogP) is 2.77. The van der Waals surface area contributed by atoms with Crippen LogP contribution in [0.25, 0.3) is 11.0 Å². The molecule has 1 aliphatic heterocycles. The van der Waals surface area contributed by atoms with Gasteiger partial charge in [0.2, 0.25) is 0 Å². The minimum absolute atomic E-state index is 0.257. The number of rotatable bonds is 6. The van der Waals surface area contributed by atoms with Crippen molar-refractivity contribution in [2.24, 2.45) is 0 Å². The molecule has 2 aromatic heterocycles. The summed E-state index contributed by atoms with van der Waals surface area (Å²) >= 11 is 1.59. The molecule has 3 aromatic rings. The van der Waals surface area contributed by atoms with E-state index in [0.29, 0.717) is 25.5 Å². The van der Waals surface area contributed by atoms with Crippen LogP contribution in [0, 0.1) is 0 Å². The maximum atomic E-state index is 14.2. The van der Waals surface area contributed by atoms with Crippen LogP contribution < -0.4 is 4.74 Å². The van der Waals surface area contributed by atoms with E-state index in [1.807, 2.05) is 28.5 Å². The van der Waals surface area contributed by atoms with Crippen molar-refractivity contribution in [3.63, 3.8) is 0 Å². The van der Waals surface area contributed by atoms with Gasteiger partial charge in [0, 0.05) is 30.7 Å². The maximum absolute atomic E-state index is 14.2. The van der Waals surface area contributed by atoms with E-state index in [0.717, 1.165) is 21.8 Å². The van der Waals surface area contributed by atoms with Crippen LogP contribution in [-0.4, -0.2) is 52.3 Å². The minimum Gasteiger partial charge on any atom is -0.497 e. The van der Waals surface area contributed by atoms with Crippen molar-refractivity contribution in [2.75, 3.05) is 20.2 Å². The summed E-state index contributed by atoms with van der Waals surface area (Å²) in [5.41, 5.74) is 1.72. The summed E-state index contributed by atoms with van der Waals surface area (Å²) < 4.78 is 25.2. The lowest BCUT2D eigenvalue weighted by Gasteiger charge is -2.14. The number of hydrogen-bond donors (Lipinski definition) is 1. The molecule has 0 spiro atoms. The second kappa shape index (κ2) is 7.07. The lowest BCUT2D eigenvalue weighted by Crippen LogP contribution is -2.24. The van der Waals surface area contributed by atoms with Gasteiger partial charge < -0.3 is 14.5 Å². The smallest absolute Gasteiger partial charge is 0.140 e. The molecule has 0 aliphatic carbocycles. The first kappa shape index (κ1) is 16.4. The van der Waals surface area contributed by atoms with E-state index < -0.39 is 12.3 Å². The third kappa shape index (κ3) is 3.65. The van der Waals surface area contributed by atoms with E-state index in [2.05, 4.69) is 15.0 Å². The molecule has 0 radical (unpaired) electrons. The average Bonchev–Trinajstić information content (AvgIpc) is 3.32. The van der Waals surface area contributed by atoms with Crippen LogP contribution in [0.2, 0.25) is 0 Å². The van der Waals surface area contributed by atoms with Crippen molar-refractivity contribution >= 4 is 22.4 Å². The van der Waals surface area contributed by atoms with E-state index in [1.54, 1.807) is 24.6 Å². The van der Waals surface area contributed by atoms with Gasteiger partial charge in [0.1, 0.15) is 35.5 Å². The summed E-state index contributed by atoms with van der Waals surface area (Å²) in [6, 6.07) is 5.63. The summed E-state index contributed by atoms with van der Waals surface area (Å²) in [5, 5.41) is 2.93. The van der Waals surface area contributed by atoms with Gasteiger partial charge in [-0.15, -0.1) is 11.3 Å². The largest absolute Gasteiger partial charge is 0.497 e. The number of nitrogens with zero attached hydrogens (tertiary/aromatic N) is 3. The number of alkyl halides is 1. The second-order valence-corrected chi connectivity index (χ2v) is 7.03. The maximum Gasteiger partial charge on any atom is 0.140 e. The third-order valence-electron chi connectivity index (χ3n) is 4.29. The van der Waals surface area contributed by atoms with E-state index >= 15 is 0 Å². The third-order valence-corrected chi connectivity index (χ3v) is 5.05. The Morgan fingerprint density at radius 3 is 3.12 bits per heavy atom. The zero-order chi connectivity index (χ0) is 17.2. The Morgan fingerprint density at radius 2 is 2.32 bits per heavy atom. The first-order chi connectivity index (χ1) is 12.2. The fraction of sp³-hybridized carbons (Fsp3) is 0.412. The van der Waals surface area contributed by atoms with Crippen LogP contribution in [-0.2, 0) is 17.9 Å². The molecule has 0 amide bonds. The Bertz CT molecular complexity index is 838. The quantitative estimate of drug-likeness (QED) is 0.731. The summed E-state index contributed by atoms with van der Waals surface area (Å²) in [7, 11) is 1.63. The number of imidazole rings is 1. The number of H-pyrrole nitrogens is 1. The second-order valence-electron chi connectivity index (χ2n) is 6.05. The van der Waals surface area contributed by atoms with E-state index in [-0.39, 0.29) is 6.61 Å². The molecular weight excluding hydrogens is 343 g/mol. The summed E-state index contributed by atoms with van der Waals surface area (Å²) in [5.74, 6) is 1.45. The molecule has 0 bridgehead atoms. The fourth-order valence-corrected chi connectivity index (χ4v) is 3.70. The molecule has 25 heavy (non-hydrogen) atoms. The van der Waals surface area contributed by atoms with Gasteiger partial charge in [-0.05, 0) is 12.1 Å². The van der Waals surface area contributed by atoms with Gasteiger partial charge in [-0.1, -0.05) is 0 Å². The van der Waals surface area contributed by atoms with Crippen LogP contribution in [0.5, 0.6) is 5.75 Å². The Labute approximate surface area is 148 Å². The van der Waals surface area contributed by atoms with Crippen molar-refractivity contribution in [3.8, 4) is 5.75 Å². The van der Waals surface area contributed by atoms with Crippen molar-refractivity contribution in [1.82, 2.24) is 19.9 Å². The van der Waals surface area contributed by atoms with Crippen molar-refractivity contribution in [2.45, 2.75) is 25.4 Å². The molecule has 2 atom stereocenters. The number of aromatic amines is 1. The molecule has 0 saturated carbocycles. The van der Waals surface area contributed by atoms with E-state index in [9.17, 15) is 4.39 Å². The molecule has 3 heterocycles. The van der Waals surface area contributed by atoms with Gasteiger partial charge in [-0.25, -0.2) is 14.4 Å². The highest BCUT2D eigenvalue weighted by atomic mass is 32.1. The van der Waals surface area contributed by atoms with E-state index in [1.165, 1.54) is 0 Å². The number of halogens is 1. The van der Waals surface area contributed by atoms with Crippen LogP contribution in [0.15, 0.2) is 29.8 Å². The Balaban J connectivity index is 1.36. The Hall–Kier alpha value is -2.03. The first-order valence-corrected chi connectivity index (χ1v) is 8.98. The molecule has 1 aromatic carbocycles. The SMILES string of the molecule is COc1ccc2nc(CO[C@H]3CN(Cc4nccs4)C[C@H]3F)[nH]c2c1.